The summed E-state index contributed by atoms with van der Waals surface area (Å²) in [5.41, 5.74) is -4.44. The Morgan fingerprint density at radius 1 is 1.47 bits per heavy atom. The summed E-state index contributed by atoms with van der Waals surface area (Å²) in [4.78, 5) is 20.7. The summed E-state index contributed by atoms with van der Waals surface area (Å²) in [5.74, 6) is -1.93. The number of nitro groups is 1. The van der Waals surface area contributed by atoms with E-state index in [1.807, 2.05) is 0 Å². The van der Waals surface area contributed by atoms with Crippen LogP contribution in [0.4, 0.5) is 18.9 Å². The van der Waals surface area contributed by atoms with Gasteiger partial charge in [0.2, 0.25) is 0 Å². The Morgan fingerprint density at radius 2 is 2.05 bits per heavy atom. The molecule has 0 aliphatic carbocycles. The largest absolute Gasteiger partial charge is 0.423 e. The molecule has 5 nitrogen and oxygen atoms in total. The number of hydrogen-bond donors (Lipinski definition) is 0. The molecule has 0 aliphatic heterocycles. The van der Waals surface area contributed by atoms with Crippen LogP contribution in [0.2, 0.25) is 0 Å². The number of halogens is 4. The van der Waals surface area contributed by atoms with Crippen molar-refractivity contribution in [2.75, 3.05) is 5.88 Å². The van der Waals surface area contributed by atoms with Crippen LogP contribution in [0.25, 0.3) is 0 Å². The van der Waals surface area contributed by atoms with Crippen molar-refractivity contribution >= 4 is 23.1 Å². The van der Waals surface area contributed by atoms with E-state index in [0.29, 0.717) is 12.1 Å². The van der Waals surface area contributed by atoms with E-state index in [9.17, 15) is 28.1 Å². The molecule has 0 spiro atoms. The van der Waals surface area contributed by atoms with Crippen LogP contribution in [0.3, 0.4) is 0 Å². The summed E-state index contributed by atoms with van der Waals surface area (Å²) in [5, 5.41) is 19.3. The first kappa shape index (κ1) is 14.9. The number of nitriles is 1. The van der Waals surface area contributed by atoms with Crippen molar-refractivity contribution in [1.82, 2.24) is 0 Å². The second kappa shape index (κ2) is 5.24. The molecule has 0 bridgehead atoms. The first-order valence-electron chi connectivity index (χ1n) is 4.61. The van der Waals surface area contributed by atoms with Crippen LogP contribution < -0.4 is 0 Å². The molecule has 0 unspecified atom stereocenters. The number of carbonyl (C=O) groups excluding carboxylic acids is 1. The van der Waals surface area contributed by atoms with Gasteiger partial charge in [-0.2, -0.15) is 18.4 Å². The molecule has 0 aromatic heterocycles. The maximum atomic E-state index is 12.8. The summed E-state index contributed by atoms with van der Waals surface area (Å²) in [7, 11) is 0. The molecule has 0 N–H and O–H groups in total. The minimum Gasteiger partial charge on any atom is -0.293 e. The van der Waals surface area contributed by atoms with Crippen molar-refractivity contribution in [2.24, 2.45) is 0 Å². The summed E-state index contributed by atoms with van der Waals surface area (Å²) in [6.07, 6.45) is -5.10. The maximum absolute atomic E-state index is 12.8. The van der Waals surface area contributed by atoms with Gasteiger partial charge in [0.05, 0.1) is 22.4 Å². The minimum absolute atomic E-state index is 0.423. The molecule has 100 valence electrons. The van der Waals surface area contributed by atoms with Crippen LogP contribution >= 0.6 is 11.6 Å². The molecular formula is C10H4ClF3N2O3. The normalized spacial score (nSPS) is 10.9. The van der Waals surface area contributed by atoms with Crippen molar-refractivity contribution in [3.05, 3.63) is 38.9 Å². The first-order valence-corrected chi connectivity index (χ1v) is 5.14. The number of rotatable bonds is 3. The Kier molecular flexibility index (Phi) is 4.11. The summed E-state index contributed by atoms with van der Waals surface area (Å²) < 4.78 is 38.5. The van der Waals surface area contributed by atoms with E-state index in [-0.39, 0.29) is 0 Å². The van der Waals surface area contributed by atoms with Gasteiger partial charge >= 0.3 is 6.18 Å². The van der Waals surface area contributed by atoms with Gasteiger partial charge in [-0.25, -0.2) is 0 Å². The Balaban J connectivity index is 3.78. The van der Waals surface area contributed by atoms with E-state index in [1.54, 1.807) is 0 Å². The first-order chi connectivity index (χ1) is 8.72. The van der Waals surface area contributed by atoms with Gasteiger partial charge in [0, 0.05) is 11.6 Å². The van der Waals surface area contributed by atoms with Crippen LogP contribution in [-0.2, 0) is 6.18 Å². The fourth-order valence-electron chi connectivity index (χ4n) is 1.43. The van der Waals surface area contributed by atoms with Crippen molar-refractivity contribution in [3.63, 3.8) is 0 Å². The third kappa shape index (κ3) is 3.00. The number of benzene rings is 1. The molecule has 1 aromatic rings. The third-order valence-corrected chi connectivity index (χ3v) is 2.39. The molecule has 0 atom stereocenters. The second-order valence-electron chi connectivity index (χ2n) is 3.34. The summed E-state index contributed by atoms with van der Waals surface area (Å²) in [6, 6.07) is 2.56. The van der Waals surface area contributed by atoms with Gasteiger partial charge in [-0.15, -0.1) is 11.6 Å². The lowest BCUT2D eigenvalue weighted by molar-refractivity contribution is -0.388. The molecule has 0 amide bonds. The van der Waals surface area contributed by atoms with Crippen LogP contribution in [-0.4, -0.2) is 16.6 Å². The molecule has 0 saturated heterocycles. The van der Waals surface area contributed by atoms with Crippen molar-refractivity contribution in [1.29, 1.82) is 5.26 Å². The zero-order valence-electron chi connectivity index (χ0n) is 8.99. The molecule has 0 fully saturated rings. The van der Waals surface area contributed by atoms with Crippen LogP contribution in [0, 0.1) is 21.4 Å². The summed E-state index contributed by atoms with van der Waals surface area (Å²) in [6.45, 7) is 0. The third-order valence-electron chi connectivity index (χ3n) is 2.15. The summed E-state index contributed by atoms with van der Waals surface area (Å²) >= 11 is 5.17. The monoisotopic (exact) mass is 292 g/mol. The minimum atomic E-state index is -5.10. The average Bonchev–Trinajstić information content (AvgIpc) is 2.34. The Hall–Kier alpha value is -2.14. The Labute approximate surface area is 109 Å². The number of Topliss-reactive ketones (excluding diaryl/α,β-unsaturated/α-hetero) is 1. The Morgan fingerprint density at radius 3 is 2.42 bits per heavy atom. The lowest BCUT2D eigenvalue weighted by Crippen LogP contribution is -2.17. The number of ketones is 1. The Bertz CT molecular complexity index is 593. The lowest BCUT2D eigenvalue weighted by Gasteiger charge is -2.12. The van der Waals surface area contributed by atoms with E-state index < -0.39 is 45.1 Å². The van der Waals surface area contributed by atoms with E-state index in [1.165, 1.54) is 6.07 Å². The number of nitro benzene ring substituents is 1. The van der Waals surface area contributed by atoms with Gasteiger partial charge in [0.25, 0.3) is 5.69 Å². The van der Waals surface area contributed by atoms with E-state index in [0.717, 1.165) is 0 Å². The molecule has 0 radical (unpaired) electrons. The number of nitrogens with zero attached hydrogens (tertiary/aromatic N) is 2. The maximum Gasteiger partial charge on any atom is 0.423 e. The zero-order chi connectivity index (χ0) is 14.8. The predicted molar refractivity (Wildman–Crippen MR) is 57.9 cm³/mol. The molecule has 1 rings (SSSR count). The van der Waals surface area contributed by atoms with E-state index in [4.69, 9.17) is 16.9 Å². The van der Waals surface area contributed by atoms with Crippen LogP contribution in [0.5, 0.6) is 0 Å². The number of carbonyl (C=O) groups is 1. The number of hydrogen-bond acceptors (Lipinski definition) is 4. The van der Waals surface area contributed by atoms with Gasteiger partial charge < -0.3 is 0 Å². The molecular weight excluding hydrogens is 289 g/mol. The molecule has 19 heavy (non-hydrogen) atoms. The lowest BCUT2D eigenvalue weighted by atomic mass is 9.99. The highest BCUT2D eigenvalue weighted by Crippen LogP contribution is 2.39. The SMILES string of the molecule is N#Cc1cc(C(=O)CCl)c(C(F)(F)F)c([N+](=O)[O-])c1. The standard InChI is InChI=1S/C10H4ClF3N2O3/c11-3-8(17)6-1-5(4-15)2-7(16(18)19)9(6)10(12,13)14/h1-2H,3H2. The van der Waals surface area contributed by atoms with E-state index in [2.05, 4.69) is 0 Å². The smallest absolute Gasteiger partial charge is 0.293 e. The highest BCUT2D eigenvalue weighted by atomic mass is 35.5. The van der Waals surface area contributed by atoms with Crippen LogP contribution in [0.15, 0.2) is 12.1 Å². The average molecular weight is 293 g/mol. The second-order valence-corrected chi connectivity index (χ2v) is 3.61. The molecule has 0 heterocycles. The predicted octanol–water partition coefficient (Wildman–Crippen LogP) is 2.91. The fraction of sp³-hybridized carbons (Fsp3) is 0.200. The van der Waals surface area contributed by atoms with Gasteiger partial charge in [0.1, 0.15) is 5.56 Å². The topological polar surface area (TPSA) is 84.0 Å². The van der Waals surface area contributed by atoms with Crippen molar-refractivity contribution in [2.45, 2.75) is 6.18 Å². The van der Waals surface area contributed by atoms with Gasteiger partial charge in [-0.05, 0) is 6.07 Å². The van der Waals surface area contributed by atoms with Gasteiger partial charge in [-0.3, -0.25) is 14.9 Å². The van der Waals surface area contributed by atoms with E-state index >= 15 is 0 Å². The fourth-order valence-corrected chi connectivity index (χ4v) is 1.57. The highest BCUT2D eigenvalue weighted by Gasteiger charge is 2.42. The van der Waals surface area contributed by atoms with Crippen molar-refractivity contribution < 1.29 is 22.9 Å². The van der Waals surface area contributed by atoms with Crippen LogP contribution in [0.1, 0.15) is 21.5 Å². The quantitative estimate of drug-likeness (QED) is 0.371. The molecule has 9 heteroatoms. The van der Waals surface area contributed by atoms with Crippen molar-refractivity contribution in [3.8, 4) is 6.07 Å². The van der Waals surface area contributed by atoms with Gasteiger partial charge in [-0.1, -0.05) is 0 Å². The zero-order valence-corrected chi connectivity index (χ0v) is 9.75. The molecule has 0 aliphatic rings. The van der Waals surface area contributed by atoms with Gasteiger partial charge in [0.15, 0.2) is 5.78 Å². The highest BCUT2D eigenvalue weighted by molar-refractivity contribution is 6.30. The number of alkyl halides is 4. The molecule has 1 aromatic carbocycles. The molecule has 0 saturated carbocycles.